The number of carboxylic acids is 1. The highest BCUT2D eigenvalue weighted by atomic mass is 19.4. The number of hydrogen-bond acceptors (Lipinski definition) is 3. The van der Waals surface area contributed by atoms with E-state index in [-0.39, 0.29) is 5.75 Å². The normalized spacial score (nSPS) is 13.2. The maximum Gasteiger partial charge on any atom is 0.416 e. The van der Waals surface area contributed by atoms with Gasteiger partial charge in [0.15, 0.2) is 6.61 Å². The summed E-state index contributed by atoms with van der Waals surface area (Å²) < 4.78 is 78.7. The summed E-state index contributed by atoms with van der Waals surface area (Å²) in [4.78, 5) is 22.1. The zero-order valence-electron chi connectivity index (χ0n) is 11.7. The van der Waals surface area contributed by atoms with Gasteiger partial charge in [0.2, 0.25) is 0 Å². The maximum atomic E-state index is 12.5. The van der Waals surface area contributed by atoms with Crippen LogP contribution < -0.4 is 10.1 Å². The molecular formula is C13H11F6NO4. The third kappa shape index (κ3) is 6.75. The second kappa shape index (κ2) is 7.41. The molecular weight excluding hydrogens is 348 g/mol. The molecule has 134 valence electrons. The van der Waals surface area contributed by atoms with Crippen molar-refractivity contribution < 1.29 is 45.8 Å². The minimum Gasteiger partial charge on any atom is -0.484 e. The van der Waals surface area contributed by atoms with Gasteiger partial charge in [-0.3, -0.25) is 4.79 Å². The smallest absolute Gasteiger partial charge is 0.416 e. The second-order valence-electron chi connectivity index (χ2n) is 4.59. The molecule has 0 aliphatic rings. The fourth-order valence-corrected chi connectivity index (χ4v) is 1.58. The molecule has 1 aromatic carbocycles. The van der Waals surface area contributed by atoms with Crippen molar-refractivity contribution in [1.29, 1.82) is 0 Å². The summed E-state index contributed by atoms with van der Waals surface area (Å²) >= 11 is 0. The Bertz CT molecular complexity index is 599. The van der Waals surface area contributed by atoms with Crippen molar-refractivity contribution in [2.45, 2.75) is 24.8 Å². The summed E-state index contributed by atoms with van der Waals surface area (Å²) in [5, 5.41) is 10.2. The van der Waals surface area contributed by atoms with E-state index in [9.17, 15) is 35.9 Å². The predicted octanol–water partition coefficient (Wildman–Crippen LogP) is 2.61. The molecule has 1 rings (SSSR count). The summed E-state index contributed by atoms with van der Waals surface area (Å²) in [5.74, 6) is -3.47. The number of aliphatic carboxylic acids is 1. The van der Waals surface area contributed by atoms with Gasteiger partial charge in [-0.15, -0.1) is 0 Å². The predicted molar refractivity (Wildman–Crippen MR) is 67.2 cm³/mol. The summed E-state index contributed by atoms with van der Waals surface area (Å²) in [6.45, 7) is -0.942. The third-order valence-electron chi connectivity index (χ3n) is 2.60. The van der Waals surface area contributed by atoms with Crippen molar-refractivity contribution in [2.24, 2.45) is 0 Å². The Balaban J connectivity index is 2.64. The van der Waals surface area contributed by atoms with Gasteiger partial charge in [0.1, 0.15) is 11.8 Å². The molecule has 0 aliphatic carbocycles. The molecule has 1 amide bonds. The number of ether oxygens (including phenoxy) is 1. The van der Waals surface area contributed by atoms with E-state index >= 15 is 0 Å². The Hall–Kier alpha value is -2.46. The van der Waals surface area contributed by atoms with Crippen LogP contribution in [0.4, 0.5) is 26.3 Å². The van der Waals surface area contributed by atoms with Gasteiger partial charge in [-0.05, 0) is 18.2 Å². The van der Waals surface area contributed by atoms with Crippen LogP contribution in [0.5, 0.6) is 5.75 Å². The molecule has 0 saturated carbocycles. The lowest BCUT2D eigenvalue weighted by Gasteiger charge is -2.16. The highest BCUT2D eigenvalue weighted by molar-refractivity contribution is 5.84. The molecule has 5 nitrogen and oxygen atoms in total. The zero-order chi connectivity index (χ0) is 18.5. The van der Waals surface area contributed by atoms with E-state index < -0.39 is 48.9 Å². The first-order valence-corrected chi connectivity index (χ1v) is 6.27. The Morgan fingerprint density at radius 3 is 2.29 bits per heavy atom. The first kappa shape index (κ1) is 19.6. The van der Waals surface area contributed by atoms with E-state index in [0.717, 1.165) is 18.2 Å². The van der Waals surface area contributed by atoms with Crippen LogP contribution in [0.2, 0.25) is 0 Å². The molecule has 0 spiro atoms. The molecule has 11 heteroatoms. The Labute approximate surface area is 131 Å². The molecule has 2 N–H and O–H groups in total. The van der Waals surface area contributed by atoms with Crippen LogP contribution in [0.15, 0.2) is 24.3 Å². The van der Waals surface area contributed by atoms with Crippen molar-refractivity contribution in [3.8, 4) is 5.75 Å². The van der Waals surface area contributed by atoms with Crippen LogP contribution in [0, 0.1) is 0 Å². The molecule has 0 aromatic heterocycles. The largest absolute Gasteiger partial charge is 0.484 e. The van der Waals surface area contributed by atoms with Crippen molar-refractivity contribution >= 4 is 11.9 Å². The molecule has 0 fully saturated rings. The summed E-state index contributed by atoms with van der Waals surface area (Å²) in [6, 6.07) is 1.25. The number of nitrogens with one attached hydrogen (secondary N) is 1. The summed E-state index contributed by atoms with van der Waals surface area (Å²) in [5.41, 5.74) is -1.04. The third-order valence-corrected chi connectivity index (χ3v) is 2.60. The number of rotatable bonds is 6. The first-order chi connectivity index (χ1) is 10.9. The Morgan fingerprint density at radius 1 is 1.17 bits per heavy atom. The number of alkyl halides is 6. The average Bonchev–Trinajstić information content (AvgIpc) is 2.42. The number of carbonyl (C=O) groups excluding carboxylic acids is 1. The summed E-state index contributed by atoms with van der Waals surface area (Å²) in [6.07, 6.45) is -11.3. The highest BCUT2D eigenvalue weighted by Crippen LogP contribution is 2.31. The van der Waals surface area contributed by atoms with Crippen LogP contribution in [0.25, 0.3) is 0 Å². The first-order valence-electron chi connectivity index (χ1n) is 6.27. The van der Waals surface area contributed by atoms with Crippen LogP contribution >= 0.6 is 0 Å². The minimum atomic E-state index is -4.82. The number of carboxylic acid groups (broad SMARTS) is 1. The number of benzene rings is 1. The number of amides is 1. The van der Waals surface area contributed by atoms with Gasteiger partial charge in [0.05, 0.1) is 12.0 Å². The monoisotopic (exact) mass is 359 g/mol. The lowest BCUT2D eigenvalue weighted by Crippen LogP contribution is -2.45. The fourth-order valence-electron chi connectivity index (χ4n) is 1.58. The van der Waals surface area contributed by atoms with E-state index in [1.807, 2.05) is 0 Å². The zero-order valence-corrected chi connectivity index (χ0v) is 11.7. The van der Waals surface area contributed by atoms with Gasteiger partial charge < -0.3 is 15.2 Å². The van der Waals surface area contributed by atoms with E-state index in [2.05, 4.69) is 0 Å². The Kier molecular flexibility index (Phi) is 6.04. The molecule has 0 radical (unpaired) electrons. The standard InChI is InChI=1S/C13H11F6NO4/c14-12(15,16)5-9(11(22)23)20-10(21)6-24-8-3-1-2-7(4-8)13(17,18)19/h1-4,9H,5-6H2,(H,20,21)(H,22,23). The van der Waals surface area contributed by atoms with Crippen LogP contribution in [0.3, 0.4) is 0 Å². The molecule has 1 aromatic rings. The van der Waals surface area contributed by atoms with Gasteiger partial charge in [0, 0.05) is 0 Å². The van der Waals surface area contributed by atoms with Crippen LogP contribution in [0.1, 0.15) is 12.0 Å². The summed E-state index contributed by atoms with van der Waals surface area (Å²) in [7, 11) is 0. The highest BCUT2D eigenvalue weighted by Gasteiger charge is 2.36. The molecule has 0 bridgehead atoms. The van der Waals surface area contributed by atoms with Gasteiger partial charge in [-0.1, -0.05) is 6.07 Å². The topological polar surface area (TPSA) is 75.6 Å². The van der Waals surface area contributed by atoms with E-state index in [0.29, 0.717) is 6.07 Å². The SMILES string of the molecule is O=C(COc1cccc(C(F)(F)F)c1)NC(CC(F)(F)F)C(=O)O. The molecule has 1 atom stereocenters. The quantitative estimate of drug-likeness (QED) is 0.766. The van der Waals surface area contributed by atoms with E-state index in [1.165, 1.54) is 0 Å². The molecule has 0 saturated heterocycles. The van der Waals surface area contributed by atoms with E-state index in [4.69, 9.17) is 9.84 Å². The number of hydrogen-bond donors (Lipinski definition) is 2. The average molecular weight is 359 g/mol. The number of carbonyl (C=O) groups is 2. The van der Waals surface area contributed by atoms with E-state index in [1.54, 1.807) is 5.32 Å². The van der Waals surface area contributed by atoms with Crippen molar-refractivity contribution in [3.05, 3.63) is 29.8 Å². The van der Waals surface area contributed by atoms with Gasteiger partial charge >= 0.3 is 18.3 Å². The maximum absolute atomic E-state index is 12.5. The molecule has 0 heterocycles. The number of halogens is 6. The van der Waals surface area contributed by atoms with Crippen molar-refractivity contribution in [2.75, 3.05) is 6.61 Å². The van der Waals surface area contributed by atoms with Gasteiger partial charge in [0.25, 0.3) is 5.91 Å². The minimum absolute atomic E-state index is 0.345. The molecule has 0 aliphatic heterocycles. The lowest BCUT2D eigenvalue weighted by atomic mass is 10.2. The van der Waals surface area contributed by atoms with Crippen molar-refractivity contribution in [1.82, 2.24) is 5.32 Å². The van der Waals surface area contributed by atoms with Crippen molar-refractivity contribution in [3.63, 3.8) is 0 Å². The fraction of sp³-hybridized carbons (Fsp3) is 0.385. The van der Waals surface area contributed by atoms with Crippen LogP contribution in [-0.2, 0) is 15.8 Å². The Morgan fingerprint density at radius 2 is 1.79 bits per heavy atom. The van der Waals surface area contributed by atoms with Gasteiger partial charge in [-0.2, -0.15) is 26.3 Å². The van der Waals surface area contributed by atoms with Crippen LogP contribution in [-0.4, -0.2) is 35.8 Å². The molecule has 1 unspecified atom stereocenters. The lowest BCUT2D eigenvalue weighted by molar-refractivity contribution is -0.160. The molecule has 24 heavy (non-hydrogen) atoms. The second-order valence-corrected chi connectivity index (χ2v) is 4.59. The van der Waals surface area contributed by atoms with Gasteiger partial charge in [-0.25, -0.2) is 4.79 Å².